The zero-order chi connectivity index (χ0) is 16.6. The third kappa shape index (κ3) is 3.47. The van der Waals surface area contributed by atoms with Gasteiger partial charge in [0, 0.05) is 16.8 Å². The number of imidazole rings is 1. The van der Waals surface area contributed by atoms with Crippen molar-refractivity contribution in [1.82, 2.24) is 9.38 Å². The minimum absolute atomic E-state index is 0.311. The number of aromatic nitrogens is 2. The van der Waals surface area contributed by atoms with Crippen molar-refractivity contribution in [2.45, 2.75) is 19.6 Å². The van der Waals surface area contributed by atoms with Crippen molar-refractivity contribution in [3.05, 3.63) is 59.1 Å². The van der Waals surface area contributed by atoms with Gasteiger partial charge in [0.15, 0.2) is 0 Å². The average molecular weight is 343 g/mol. The molecule has 0 amide bonds. The summed E-state index contributed by atoms with van der Waals surface area (Å²) in [6.07, 6.45) is 1.43. The average Bonchev–Trinajstić information content (AvgIpc) is 2.83. The summed E-state index contributed by atoms with van der Waals surface area (Å²) < 4.78 is 15.4. The molecule has 0 aliphatic rings. The van der Waals surface area contributed by atoms with Crippen LogP contribution in [-0.2, 0) is 0 Å². The van der Waals surface area contributed by atoms with Crippen molar-refractivity contribution < 1.29 is 4.39 Å². The molecule has 2 nitrogen and oxygen atoms in total. The third-order valence-electron chi connectivity index (χ3n) is 3.26. The summed E-state index contributed by atoms with van der Waals surface area (Å²) in [5, 5.41) is 0.665. The van der Waals surface area contributed by atoms with Gasteiger partial charge in [-0.2, -0.15) is 0 Å². The van der Waals surface area contributed by atoms with E-state index in [1.807, 2.05) is 24.3 Å². The lowest BCUT2D eigenvalue weighted by molar-refractivity contribution is 0.619. The summed E-state index contributed by atoms with van der Waals surface area (Å²) in [6, 6.07) is 10.5. The van der Waals surface area contributed by atoms with Crippen LogP contribution in [0.15, 0.2) is 42.6 Å². The first-order valence-corrected chi connectivity index (χ1v) is 11.2. The van der Waals surface area contributed by atoms with Crippen molar-refractivity contribution in [1.29, 1.82) is 0 Å². The molecule has 0 saturated heterocycles. The molecule has 0 saturated carbocycles. The van der Waals surface area contributed by atoms with Gasteiger partial charge in [0.25, 0.3) is 0 Å². The number of pyridine rings is 1. The molecule has 0 bridgehead atoms. The predicted molar refractivity (Wildman–Crippen MR) is 95.8 cm³/mol. The van der Waals surface area contributed by atoms with Crippen LogP contribution in [0.1, 0.15) is 5.69 Å². The van der Waals surface area contributed by atoms with Gasteiger partial charge >= 0.3 is 0 Å². The zero-order valence-corrected chi connectivity index (χ0v) is 14.9. The van der Waals surface area contributed by atoms with Gasteiger partial charge in [0.05, 0.1) is 0 Å². The van der Waals surface area contributed by atoms with Gasteiger partial charge in [-0.25, -0.2) is 9.37 Å². The van der Waals surface area contributed by atoms with Gasteiger partial charge in [0.1, 0.15) is 30.9 Å². The Balaban J connectivity index is 2.27. The number of fused-ring (bicyclic) bond motifs is 1. The summed E-state index contributed by atoms with van der Waals surface area (Å²) in [4.78, 5) is 4.62. The van der Waals surface area contributed by atoms with Crippen molar-refractivity contribution in [2.24, 2.45) is 0 Å². The van der Waals surface area contributed by atoms with Gasteiger partial charge in [-0.15, -0.1) is 5.54 Å². The molecule has 3 rings (SSSR count). The molecule has 2 aromatic heterocycles. The van der Waals surface area contributed by atoms with Gasteiger partial charge in [-0.3, -0.25) is 4.40 Å². The van der Waals surface area contributed by atoms with Crippen molar-refractivity contribution in [3.8, 4) is 22.7 Å². The van der Waals surface area contributed by atoms with Crippen LogP contribution in [0.25, 0.3) is 16.9 Å². The SMILES string of the molecule is C[Si](C)(C)C#Cc1c(-c2ccc(Cl)cc2)nc2ccc(F)cn12. The Morgan fingerprint density at radius 2 is 1.78 bits per heavy atom. The molecule has 0 atom stereocenters. The second-order valence-corrected chi connectivity index (χ2v) is 11.6. The monoisotopic (exact) mass is 342 g/mol. The second kappa shape index (κ2) is 5.84. The van der Waals surface area contributed by atoms with E-state index in [2.05, 4.69) is 36.1 Å². The molecule has 0 radical (unpaired) electrons. The maximum absolute atomic E-state index is 13.6. The number of hydrogen-bond donors (Lipinski definition) is 0. The summed E-state index contributed by atoms with van der Waals surface area (Å²) in [6.45, 7) is 6.52. The van der Waals surface area contributed by atoms with Gasteiger partial charge < -0.3 is 0 Å². The molecule has 2 heterocycles. The van der Waals surface area contributed by atoms with E-state index in [-0.39, 0.29) is 5.82 Å². The molecule has 0 unspecified atom stereocenters. The molecule has 0 aliphatic carbocycles. The largest absolute Gasteiger partial charge is 0.290 e. The van der Waals surface area contributed by atoms with Crippen LogP contribution in [0, 0.1) is 17.3 Å². The Morgan fingerprint density at radius 1 is 1.09 bits per heavy atom. The van der Waals surface area contributed by atoms with E-state index in [1.165, 1.54) is 12.3 Å². The summed E-state index contributed by atoms with van der Waals surface area (Å²) >= 11 is 5.96. The summed E-state index contributed by atoms with van der Waals surface area (Å²) in [5.74, 6) is 2.92. The van der Waals surface area contributed by atoms with Crippen LogP contribution >= 0.6 is 11.6 Å². The van der Waals surface area contributed by atoms with E-state index in [0.29, 0.717) is 16.4 Å². The van der Waals surface area contributed by atoms with E-state index >= 15 is 0 Å². The fourth-order valence-corrected chi connectivity index (χ4v) is 2.81. The Bertz CT molecular complexity index is 928. The maximum atomic E-state index is 13.6. The van der Waals surface area contributed by atoms with Crippen LogP contribution < -0.4 is 0 Å². The molecule has 116 valence electrons. The van der Waals surface area contributed by atoms with E-state index in [9.17, 15) is 4.39 Å². The topological polar surface area (TPSA) is 17.3 Å². The minimum Gasteiger partial charge on any atom is -0.290 e. The second-order valence-electron chi connectivity index (χ2n) is 6.39. The standard InChI is InChI=1S/C18H16ClFN2Si/c1-23(2,3)11-10-16-18(13-4-6-14(19)7-5-13)21-17-9-8-15(20)12-22(16)17/h4-9,12H,1-3H3. The van der Waals surface area contributed by atoms with Crippen molar-refractivity contribution in [2.75, 3.05) is 0 Å². The maximum Gasteiger partial charge on any atom is 0.139 e. The van der Waals surface area contributed by atoms with E-state index in [4.69, 9.17) is 11.6 Å². The van der Waals surface area contributed by atoms with E-state index in [1.54, 1.807) is 10.5 Å². The molecular formula is C18H16ClFN2Si. The van der Waals surface area contributed by atoms with Gasteiger partial charge in [-0.1, -0.05) is 49.3 Å². The first-order valence-electron chi connectivity index (χ1n) is 7.30. The Morgan fingerprint density at radius 3 is 2.43 bits per heavy atom. The number of rotatable bonds is 1. The first kappa shape index (κ1) is 15.8. The number of benzene rings is 1. The Labute approximate surface area is 141 Å². The van der Waals surface area contributed by atoms with E-state index in [0.717, 1.165) is 11.3 Å². The quantitative estimate of drug-likeness (QED) is 0.448. The highest BCUT2D eigenvalue weighted by molar-refractivity contribution is 6.83. The molecular weight excluding hydrogens is 327 g/mol. The van der Waals surface area contributed by atoms with E-state index < -0.39 is 8.07 Å². The van der Waals surface area contributed by atoms with Crippen LogP contribution in [0.2, 0.25) is 24.7 Å². The number of hydrogen-bond acceptors (Lipinski definition) is 1. The molecule has 0 aliphatic heterocycles. The normalized spacial score (nSPS) is 11.3. The molecule has 0 spiro atoms. The summed E-state index contributed by atoms with van der Waals surface area (Å²) in [7, 11) is -1.56. The fraction of sp³-hybridized carbons (Fsp3) is 0.167. The third-order valence-corrected chi connectivity index (χ3v) is 4.38. The highest BCUT2D eigenvalue weighted by Gasteiger charge is 2.14. The van der Waals surface area contributed by atoms with Crippen LogP contribution in [0.5, 0.6) is 0 Å². The lowest BCUT2D eigenvalue weighted by atomic mass is 10.1. The molecule has 0 fully saturated rings. The molecule has 23 heavy (non-hydrogen) atoms. The lowest BCUT2D eigenvalue weighted by Gasteiger charge is -2.04. The van der Waals surface area contributed by atoms with Crippen LogP contribution in [0.3, 0.4) is 0 Å². The minimum atomic E-state index is -1.56. The fourth-order valence-electron chi connectivity index (χ4n) is 2.19. The lowest BCUT2D eigenvalue weighted by Crippen LogP contribution is -2.16. The summed E-state index contributed by atoms with van der Waals surface area (Å²) in [5.41, 5.74) is 6.39. The van der Waals surface area contributed by atoms with Crippen LogP contribution in [-0.4, -0.2) is 17.5 Å². The van der Waals surface area contributed by atoms with Gasteiger partial charge in [0.2, 0.25) is 0 Å². The van der Waals surface area contributed by atoms with Gasteiger partial charge in [-0.05, 0) is 24.3 Å². The van der Waals surface area contributed by atoms with Crippen LogP contribution in [0.4, 0.5) is 4.39 Å². The Kier molecular flexibility index (Phi) is 4.01. The molecule has 3 aromatic rings. The smallest absolute Gasteiger partial charge is 0.139 e. The molecule has 0 N–H and O–H groups in total. The Hall–Kier alpha value is -2.09. The highest BCUT2D eigenvalue weighted by atomic mass is 35.5. The molecule has 5 heteroatoms. The van der Waals surface area contributed by atoms with Crippen molar-refractivity contribution in [3.63, 3.8) is 0 Å². The zero-order valence-electron chi connectivity index (χ0n) is 13.2. The predicted octanol–water partition coefficient (Wildman–Crippen LogP) is 5.02. The number of nitrogens with zero attached hydrogens (tertiary/aromatic N) is 2. The highest BCUT2D eigenvalue weighted by Crippen LogP contribution is 2.25. The molecule has 1 aromatic carbocycles. The first-order chi connectivity index (χ1) is 10.8. The number of halogens is 2. The van der Waals surface area contributed by atoms with Crippen molar-refractivity contribution >= 4 is 25.3 Å².